The number of piperidine rings is 1. The van der Waals surface area contributed by atoms with Gasteiger partial charge in [-0.3, -0.25) is 9.89 Å². The molecule has 0 spiro atoms. The van der Waals surface area contributed by atoms with Gasteiger partial charge in [0.05, 0.1) is 17.3 Å². The lowest BCUT2D eigenvalue weighted by Gasteiger charge is -2.31. The van der Waals surface area contributed by atoms with E-state index in [-0.39, 0.29) is 23.3 Å². The van der Waals surface area contributed by atoms with E-state index in [9.17, 15) is 13.2 Å². The Labute approximate surface area is 131 Å². The maximum Gasteiger partial charge on any atom is 0.246 e. The van der Waals surface area contributed by atoms with E-state index in [1.165, 1.54) is 4.31 Å². The number of aromatic amines is 1. The van der Waals surface area contributed by atoms with Crippen molar-refractivity contribution in [2.75, 3.05) is 19.6 Å². The Morgan fingerprint density at radius 3 is 2.77 bits per heavy atom. The molecule has 1 saturated heterocycles. The molecule has 1 aromatic heterocycles. The molecule has 124 valence electrons. The Morgan fingerprint density at radius 1 is 1.45 bits per heavy atom. The van der Waals surface area contributed by atoms with E-state index < -0.39 is 10.0 Å². The Bertz CT molecular complexity index is 619. The summed E-state index contributed by atoms with van der Waals surface area (Å²) in [7, 11) is -3.61. The molecule has 0 aliphatic carbocycles. The molecule has 2 N–H and O–H groups in total. The number of amides is 1. The van der Waals surface area contributed by atoms with Crippen molar-refractivity contribution in [2.45, 2.75) is 44.9 Å². The van der Waals surface area contributed by atoms with E-state index in [4.69, 9.17) is 0 Å². The molecule has 2 heterocycles. The van der Waals surface area contributed by atoms with Crippen molar-refractivity contribution < 1.29 is 13.2 Å². The van der Waals surface area contributed by atoms with Gasteiger partial charge in [-0.05, 0) is 33.1 Å². The third kappa shape index (κ3) is 3.33. The van der Waals surface area contributed by atoms with E-state index in [1.54, 1.807) is 13.8 Å². The monoisotopic (exact) mass is 328 g/mol. The minimum absolute atomic E-state index is 0.0533. The zero-order valence-corrected chi connectivity index (χ0v) is 14.2. The highest BCUT2D eigenvalue weighted by atomic mass is 32.2. The summed E-state index contributed by atoms with van der Waals surface area (Å²) in [5.74, 6) is -0.329. The summed E-state index contributed by atoms with van der Waals surface area (Å²) in [5, 5.41) is 9.52. The quantitative estimate of drug-likeness (QED) is 0.841. The van der Waals surface area contributed by atoms with Gasteiger partial charge >= 0.3 is 0 Å². The van der Waals surface area contributed by atoms with Gasteiger partial charge in [0.15, 0.2) is 0 Å². The van der Waals surface area contributed by atoms with Crippen LogP contribution >= 0.6 is 0 Å². The van der Waals surface area contributed by atoms with Crippen LogP contribution in [-0.2, 0) is 14.8 Å². The lowest BCUT2D eigenvalue weighted by atomic mass is 9.99. The number of hydrogen-bond acceptors (Lipinski definition) is 4. The number of hydrogen-bond donors (Lipinski definition) is 2. The van der Waals surface area contributed by atoms with Gasteiger partial charge < -0.3 is 5.32 Å². The zero-order valence-electron chi connectivity index (χ0n) is 13.3. The first-order valence-electron chi connectivity index (χ1n) is 7.67. The van der Waals surface area contributed by atoms with Crippen molar-refractivity contribution in [3.63, 3.8) is 0 Å². The molecule has 2 rings (SSSR count). The van der Waals surface area contributed by atoms with Gasteiger partial charge in [0, 0.05) is 19.6 Å². The second-order valence-electron chi connectivity index (χ2n) is 5.76. The Morgan fingerprint density at radius 2 is 2.18 bits per heavy atom. The van der Waals surface area contributed by atoms with Gasteiger partial charge in [-0.1, -0.05) is 6.92 Å². The number of carbonyl (C=O) groups excluding carboxylic acids is 1. The minimum atomic E-state index is -3.61. The first kappa shape index (κ1) is 17.0. The molecule has 1 aliphatic heterocycles. The van der Waals surface area contributed by atoms with Crippen LogP contribution in [0.5, 0.6) is 0 Å². The summed E-state index contributed by atoms with van der Waals surface area (Å²) in [6.45, 7) is 6.67. The fraction of sp³-hybridized carbons (Fsp3) is 0.714. The van der Waals surface area contributed by atoms with Crippen molar-refractivity contribution in [1.82, 2.24) is 19.8 Å². The molecule has 1 unspecified atom stereocenters. The summed E-state index contributed by atoms with van der Waals surface area (Å²) >= 11 is 0. The van der Waals surface area contributed by atoms with Gasteiger partial charge in [-0.25, -0.2) is 8.42 Å². The minimum Gasteiger partial charge on any atom is -0.356 e. The molecule has 0 radical (unpaired) electrons. The van der Waals surface area contributed by atoms with Crippen LogP contribution in [0.1, 0.15) is 37.6 Å². The molecule has 1 aliphatic rings. The molecule has 0 aromatic carbocycles. The van der Waals surface area contributed by atoms with Crippen LogP contribution in [-0.4, -0.2) is 48.5 Å². The maximum absolute atomic E-state index is 12.8. The first-order valence-corrected chi connectivity index (χ1v) is 9.11. The van der Waals surface area contributed by atoms with Gasteiger partial charge in [0.1, 0.15) is 4.90 Å². The molecular weight excluding hydrogens is 304 g/mol. The van der Waals surface area contributed by atoms with E-state index in [0.717, 1.165) is 12.8 Å². The highest BCUT2D eigenvalue weighted by Crippen LogP contribution is 2.26. The van der Waals surface area contributed by atoms with Gasteiger partial charge in [0.2, 0.25) is 15.9 Å². The van der Waals surface area contributed by atoms with Crippen LogP contribution < -0.4 is 5.32 Å². The molecule has 1 amide bonds. The summed E-state index contributed by atoms with van der Waals surface area (Å²) < 4.78 is 27.0. The molecule has 0 saturated carbocycles. The number of nitrogens with one attached hydrogen (secondary N) is 2. The maximum atomic E-state index is 12.8. The third-order valence-electron chi connectivity index (χ3n) is 3.96. The molecule has 1 aromatic rings. The summed E-state index contributed by atoms with van der Waals surface area (Å²) in [6.07, 6.45) is 2.29. The van der Waals surface area contributed by atoms with Gasteiger partial charge in [-0.15, -0.1) is 0 Å². The van der Waals surface area contributed by atoms with Crippen molar-refractivity contribution in [1.29, 1.82) is 0 Å². The Balaban J connectivity index is 2.17. The van der Waals surface area contributed by atoms with Crippen LogP contribution in [0.15, 0.2) is 4.90 Å². The van der Waals surface area contributed by atoms with Crippen LogP contribution in [0.4, 0.5) is 0 Å². The number of nitrogens with zero attached hydrogens (tertiary/aromatic N) is 2. The van der Waals surface area contributed by atoms with Gasteiger partial charge in [0.25, 0.3) is 0 Å². The normalized spacial score (nSPS) is 20.0. The molecule has 1 fully saturated rings. The van der Waals surface area contributed by atoms with Crippen LogP contribution in [0.2, 0.25) is 0 Å². The van der Waals surface area contributed by atoms with E-state index >= 15 is 0 Å². The average Bonchev–Trinajstić information content (AvgIpc) is 2.84. The van der Waals surface area contributed by atoms with Crippen molar-refractivity contribution in [3.8, 4) is 0 Å². The van der Waals surface area contributed by atoms with Gasteiger partial charge in [-0.2, -0.15) is 9.40 Å². The lowest BCUT2D eigenvalue weighted by Crippen LogP contribution is -2.45. The Hall–Kier alpha value is -1.41. The predicted octanol–water partition coefficient (Wildman–Crippen LogP) is 0.953. The number of sulfonamides is 1. The van der Waals surface area contributed by atoms with Crippen molar-refractivity contribution in [3.05, 3.63) is 11.4 Å². The standard InChI is InChI=1S/C14H24N4O3S/c1-4-7-15-14(19)12-6-5-8-18(9-12)22(20,21)13-10(2)16-17-11(13)3/h12H,4-9H2,1-3H3,(H,15,19)(H,16,17). The second-order valence-corrected chi connectivity index (χ2v) is 7.63. The highest BCUT2D eigenvalue weighted by molar-refractivity contribution is 7.89. The number of carbonyl (C=O) groups is 1. The van der Waals surface area contributed by atoms with Crippen molar-refractivity contribution in [2.24, 2.45) is 5.92 Å². The molecule has 8 heteroatoms. The van der Waals surface area contributed by atoms with E-state index in [2.05, 4.69) is 15.5 Å². The molecule has 7 nitrogen and oxygen atoms in total. The molecular formula is C14H24N4O3S. The number of H-pyrrole nitrogens is 1. The predicted molar refractivity (Wildman–Crippen MR) is 82.8 cm³/mol. The summed E-state index contributed by atoms with van der Waals surface area (Å²) in [5.41, 5.74) is 1.00. The Kier molecular flexibility index (Phi) is 5.23. The number of rotatable bonds is 5. The topological polar surface area (TPSA) is 95.2 Å². The second kappa shape index (κ2) is 6.78. The van der Waals surface area contributed by atoms with Crippen LogP contribution in [0, 0.1) is 19.8 Å². The van der Waals surface area contributed by atoms with Crippen LogP contribution in [0.25, 0.3) is 0 Å². The molecule has 1 atom stereocenters. The van der Waals surface area contributed by atoms with E-state index in [0.29, 0.717) is 30.9 Å². The number of aromatic nitrogens is 2. The first-order chi connectivity index (χ1) is 10.4. The molecule has 0 bridgehead atoms. The van der Waals surface area contributed by atoms with Crippen molar-refractivity contribution >= 4 is 15.9 Å². The molecule has 22 heavy (non-hydrogen) atoms. The third-order valence-corrected chi connectivity index (χ3v) is 6.09. The van der Waals surface area contributed by atoms with Crippen LogP contribution in [0.3, 0.4) is 0 Å². The summed E-state index contributed by atoms with van der Waals surface area (Å²) in [6, 6.07) is 0. The summed E-state index contributed by atoms with van der Waals surface area (Å²) in [4.78, 5) is 12.3. The SMILES string of the molecule is CCCNC(=O)C1CCCN(S(=O)(=O)c2c(C)n[nH]c2C)C1. The smallest absolute Gasteiger partial charge is 0.246 e. The fourth-order valence-corrected chi connectivity index (χ4v) is 4.67. The van der Waals surface area contributed by atoms with E-state index in [1.807, 2.05) is 6.92 Å². The fourth-order valence-electron chi connectivity index (χ4n) is 2.82. The zero-order chi connectivity index (χ0) is 16.3. The largest absolute Gasteiger partial charge is 0.356 e. The average molecular weight is 328 g/mol. The lowest BCUT2D eigenvalue weighted by molar-refractivity contribution is -0.126. The highest BCUT2D eigenvalue weighted by Gasteiger charge is 2.35. The number of aryl methyl sites for hydroxylation is 2.